The Bertz CT molecular complexity index is 1320. The van der Waals surface area contributed by atoms with Crippen molar-refractivity contribution in [3.05, 3.63) is 48.8 Å². The van der Waals surface area contributed by atoms with Gasteiger partial charge in [-0.3, -0.25) is 9.59 Å². The second-order valence-electron chi connectivity index (χ2n) is 9.76. The van der Waals surface area contributed by atoms with Gasteiger partial charge < -0.3 is 5.32 Å². The van der Waals surface area contributed by atoms with E-state index >= 15 is 0 Å². The Morgan fingerprint density at radius 3 is 2.21 bits per heavy atom. The molecule has 1 aliphatic heterocycles. The Hall–Kier alpha value is -2.74. The van der Waals surface area contributed by atoms with E-state index < -0.39 is 50.4 Å². The summed E-state index contributed by atoms with van der Waals surface area (Å²) in [5.41, 5.74) is 0. The average molecular weight is 564 g/mol. The van der Waals surface area contributed by atoms with Crippen LogP contribution in [0.5, 0.6) is 0 Å². The number of ketones is 1. The summed E-state index contributed by atoms with van der Waals surface area (Å²) in [5.74, 6) is -0.886. The van der Waals surface area contributed by atoms with E-state index in [-0.39, 0.29) is 28.9 Å². The lowest BCUT2D eigenvalue weighted by Gasteiger charge is -2.27. The van der Waals surface area contributed by atoms with E-state index in [1.165, 1.54) is 24.5 Å². The number of nitrogens with zero attached hydrogens (tertiary/aromatic N) is 3. The smallest absolute Gasteiger partial charge is 0.260 e. The number of amides is 1. The van der Waals surface area contributed by atoms with E-state index in [1.54, 1.807) is 24.3 Å². The van der Waals surface area contributed by atoms with E-state index in [2.05, 4.69) is 20.0 Å². The molecule has 1 amide bonds. The van der Waals surface area contributed by atoms with E-state index in [0.717, 1.165) is 36.4 Å². The molecule has 0 bridgehead atoms. The van der Waals surface area contributed by atoms with Crippen LogP contribution in [0, 0.1) is 5.92 Å². The van der Waals surface area contributed by atoms with Gasteiger partial charge in [-0.05, 0) is 49.4 Å². The maximum absolute atomic E-state index is 13.4. The normalized spacial score (nSPS) is 20.9. The quantitative estimate of drug-likeness (QED) is 0.466. The summed E-state index contributed by atoms with van der Waals surface area (Å²) in [6.45, 7) is -0.300. The van der Waals surface area contributed by atoms with E-state index in [4.69, 9.17) is 0 Å². The number of pyridine rings is 2. The van der Waals surface area contributed by atoms with Crippen molar-refractivity contribution in [3.63, 3.8) is 0 Å². The molecule has 2 aromatic rings. The van der Waals surface area contributed by atoms with Crippen LogP contribution in [0.3, 0.4) is 0 Å². The Labute approximate surface area is 223 Å². The van der Waals surface area contributed by atoms with Crippen LogP contribution in [0.25, 0.3) is 0 Å². The van der Waals surface area contributed by atoms with Crippen LogP contribution in [0.15, 0.2) is 58.8 Å². The molecular formula is C25H33N5O6S2. The monoisotopic (exact) mass is 563 g/mol. The van der Waals surface area contributed by atoms with Gasteiger partial charge in [0.1, 0.15) is 6.04 Å². The molecule has 1 saturated carbocycles. The molecule has 206 valence electrons. The number of carbonyl (C=O) groups is 2. The summed E-state index contributed by atoms with van der Waals surface area (Å²) in [7, 11) is -8.05. The Morgan fingerprint density at radius 2 is 1.58 bits per heavy atom. The standard InChI is InChI=1S/C25H33N5O6S2/c31-22-18-30(38(35,36)24-13-5-7-15-27-24)16-8-11-20(22)28-25(32)21(17-19-9-2-1-3-10-19)29-37(33,34)23-12-4-6-14-26-23/h4-7,12-15,19-21,29H,1-3,8-11,16-18H2,(H,28,32). The molecule has 2 aromatic heterocycles. The highest BCUT2D eigenvalue weighted by atomic mass is 32.2. The van der Waals surface area contributed by atoms with Crippen molar-refractivity contribution >= 4 is 31.7 Å². The van der Waals surface area contributed by atoms with Gasteiger partial charge in [-0.2, -0.15) is 9.03 Å². The van der Waals surface area contributed by atoms with Crippen LogP contribution in [0.2, 0.25) is 0 Å². The van der Waals surface area contributed by atoms with Gasteiger partial charge >= 0.3 is 0 Å². The number of hydrogen-bond donors (Lipinski definition) is 2. The van der Waals surface area contributed by atoms with Gasteiger partial charge in [0.2, 0.25) is 5.91 Å². The fourth-order valence-electron chi connectivity index (χ4n) is 4.98. The second kappa shape index (κ2) is 12.4. The molecule has 2 N–H and O–H groups in total. The minimum Gasteiger partial charge on any atom is -0.345 e. The molecule has 1 saturated heterocycles. The highest BCUT2D eigenvalue weighted by Crippen LogP contribution is 2.28. The Kier molecular flexibility index (Phi) is 9.23. The van der Waals surface area contributed by atoms with Crippen molar-refractivity contribution in [1.82, 2.24) is 24.3 Å². The summed E-state index contributed by atoms with van der Waals surface area (Å²) in [4.78, 5) is 34.3. The van der Waals surface area contributed by atoms with Crippen LogP contribution in [-0.2, 0) is 29.6 Å². The zero-order valence-corrected chi connectivity index (χ0v) is 22.7. The molecule has 2 aliphatic rings. The predicted molar refractivity (Wildman–Crippen MR) is 139 cm³/mol. The molecule has 2 atom stereocenters. The average Bonchev–Trinajstić information content (AvgIpc) is 3.11. The zero-order chi connectivity index (χ0) is 27.2. The number of Topliss-reactive ketones (excluding diaryl/α,β-unsaturated/α-hetero) is 1. The van der Waals surface area contributed by atoms with E-state index in [1.807, 2.05) is 0 Å². The first-order valence-electron chi connectivity index (χ1n) is 12.8. The maximum atomic E-state index is 13.4. The zero-order valence-electron chi connectivity index (χ0n) is 21.0. The van der Waals surface area contributed by atoms with Gasteiger partial charge in [0.05, 0.1) is 12.6 Å². The number of nitrogens with one attached hydrogen (secondary N) is 2. The Morgan fingerprint density at radius 1 is 0.921 bits per heavy atom. The van der Waals surface area contributed by atoms with Crippen LogP contribution in [0.4, 0.5) is 0 Å². The molecule has 3 heterocycles. The van der Waals surface area contributed by atoms with Gasteiger partial charge in [-0.25, -0.2) is 26.8 Å². The van der Waals surface area contributed by atoms with Gasteiger partial charge in [-0.15, -0.1) is 0 Å². The van der Waals surface area contributed by atoms with Crippen LogP contribution in [0.1, 0.15) is 51.4 Å². The summed E-state index contributed by atoms with van der Waals surface area (Å²) in [6.07, 6.45) is 8.57. The highest BCUT2D eigenvalue weighted by molar-refractivity contribution is 7.89. The van der Waals surface area contributed by atoms with Crippen molar-refractivity contribution < 1.29 is 26.4 Å². The van der Waals surface area contributed by atoms with Gasteiger partial charge in [-0.1, -0.05) is 44.2 Å². The lowest BCUT2D eigenvalue weighted by atomic mass is 9.85. The molecule has 38 heavy (non-hydrogen) atoms. The SMILES string of the molecule is O=C1CN(S(=O)(=O)c2ccccn2)CCCC1NC(=O)C(CC1CCCCC1)NS(=O)(=O)c1ccccn1. The number of sulfonamides is 2. The first-order chi connectivity index (χ1) is 18.2. The fourth-order valence-corrected chi connectivity index (χ4v) is 7.51. The molecule has 11 nitrogen and oxygen atoms in total. The van der Waals surface area contributed by atoms with Crippen LogP contribution >= 0.6 is 0 Å². The second-order valence-corrected chi connectivity index (χ2v) is 13.3. The molecule has 0 aromatic carbocycles. The summed E-state index contributed by atoms with van der Waals surface area (Å²) >= 11 is 0. The molecule has 0 spiro atoms. The molecule has 0 radical (unpaired) electrons. The van der Waals surface area contributed by atoms with Crippen LogP contribution < -0.4 is 10.0 Å². The van der Waals surface area contributed by atoms with Crippen molar-refractivity contribution in [2.75, 3.05) is 13.1 Å². The van der Waals surface area contributed by atoms with E-state index in [9.17, 15) is 26.4 Å². The third kappa shape index (κ3) is 7.01. The maximum Gasteiger partial charge on any atom is 0.260 e. The third-order valence-corrected chi connectivity index (χ3v) is 10.1. The van der Waals surface area contributed by atoms with Crippen LogP contribution in [-0.4, -0.2) is 68.0 Å². The summed E-state index contributed by atoms with van der Waals surface area (Å²) < 4.78 is 55.5. The van der Waals surface area contributed by atoms with Gasteiger partial charge in [0.15, 0.2) is 15.8 Å². The lowest BCUT2D eigenvalue weighted by Crippen LogP contribution is -2.53. The largest absolute Gasteiger partial charge is 0.345 e. The van der Waals surface area contributed by atoms with Crippen molar-refractivity contribution in [2.45, 2.75) is 73.5 Å². The fraction of sp³-hybridized carbons (Fsp3) is 0.520. The first kappa shape index (κ1) is 28.3. The number of hydrogen-bond acceptors (Lipinski definition) is 8. The third-order valence-electron chi connectivity index (χ3n) is 7.00. The van der Waals surface area contributed by atoms with Crippen molar-refractivity contribution in [1.29, 1.82) is 0 Å². The van der Waals surface area contributed by atoms with Crippen molar-refractivity contribution in [3.8, 4) is 0 Å². The molecule has 2 fully saturated rings. The molecule has 13 heteroatoms. The number of rotatable bonds is 9. The number of carbonyl (C=O) groups excluding carboxylic acids is 2. The minimum atomic E-state index is -4.08. The first-order valence-corrected chi connectivity index (χ1v) is 15.8. The van der Waals surface area contributed by atoms with Gasteiger partial charge in [0, 0.05) is 18.9 Å². The highest BCUT2D eigenvalue weighted by Gasteiger charge is 2.36. The topological polar surface area (TPSA) is 156 Å². The van der Waals surface area contributed by atoms with Gasteiger partial charge in [0.25, 0.3) is 20.0 Å². The molecule has 4 rings (SSSR count). The van der Waals surface area contributed by atoms with E-state index in [0.29, 0.717) is 12.8 Å². The molecular weight excluding hydrogens is 530 g/mol. The Balaban J connectivity index is 1.48. The summed E-state index contributed by atoms with van der Waals surface area (Å²) in [6, 6.07) is 7.00. The van der Waals surface area contributed by atoms with Crippen molar-refractivity contribution in [2.24, 2.45) is 5.92 Å². The predicted octanol–water partition coefficient (Wildman–Crippen LogP) is 1.63. The molecule has 2 unspecified atom stereocenters. The molecule has 1 aliphatic carbocycles. The minimum absolute atomic E-state index is 0.106. The summed E-state index contributed by atoms with van der Waals surface area (Å²) in [5, 5.41) is 2.37. The lowest BCUT2D eigenvalue weighted by molar-refractivity contribution is -0.128. The number of aromatic nitrogens is 2.